The van der Waals surface area contributed by atoms with Gasteiger partial charge in [0.2, 0.25) is 5.95 Å². The van der Waals surface area contributed by atoms with E-state index in [4.69, 9.17) is 4.74 Å². The SMILES string of the molecule is COc1ccc(C(O)CNc2ncccn2)cc1. The monoisotopic (exact) mass is 245 g/mol. The van der Waals surface area contributed by atoms with Crippen LogP contribution in [0.25, 0.3) is 0 Å². The third-order valence-corrected chi connectivity index (χ3v) is 2.52. The minimum absolute atomic E-state index is 0.357. The van der Waals surface area contributed by atoms with Crippen LogP contribution in [-0.2, 0) is 0 Å². The molecule has 18 heavy (non-hydrogen) atoms. The second-order valence-corrected chi connectivity index (χ2v) is 3.74. The fraction of sp³-hybridized carbons (Fsp3) is 0.231. The van der Waals surface area contributed by atoms with Crippen molar-refractivity contribution in [2.45, 2.75) is 6.10 Å². The summed E-state index contributed by atoms with van der Waals surface area (Å²) in [6.45, 7) is 0.357. The summed E-state index contributed by atoms with van der Waals surface area (Å²) < 4.78 is 5.06. The highest BCUT2D eigenvalue weighted by molar-refractivity contribution is 5.30. The minimum atomic E-state index is -0.611. The van der Waals surface area contributed by atoms with Crippen LogP contribution in [0.2, 0.25) is 0 Å². The number of methoxy groups -OCH3 is 1. The van der Waals surface area contributed by atoms with Gasteiger partial charge in [-0.1, -0.05) is 12.1 Å². The molecule has 0 bridgehead atoms. The van der Waals surface area contributed by atoms with Crippen molar-refractivity contribution < 1.29 is 9.84 Å². The van der Waals surface area contributed by atoms with Gasteiger partial charge in [-0.15, -0.1) is 0 Å². The molecule has 5 heteroatoms. The second-order valence-electron chi connectivity index (χ2n) is 3.74. The summed E-state index contributed by atoms with van der Waals surface area (Å²) in [5.74, 6) is 1.27. The van der Waals surface area contributed by atoms with Crippen LogP contribution in [0.3, 0.4) is 0 Å². The summed E-state index contributed by atoms with van der Waals surface area (Å²) in [6, 6.07) is 9.04. The quantitative estimate of drug-likeness (QED) is 0.838. The number of hydrogen-bond donors (Lipinski definition) is 2. The van der Waals surface area contributed by atoms with Crippen molar-refractivity contribution in [2.75, 3.05) is 19.0 Å². The van der Waals surface area contributed by atoms with Crippen molar-refractivity contribution in [1.82, 2.24) is 9.97 Å². The third kappa shape index (κ3) is 3.18. The first-order chi connectivity index (χ1) is 8.79. The molecule has 0 radical (unpaired) electrons. The number of nitrogens with one attached hydrogen (secondary N) is 1. The maximum Gasteiger partial charge on any atom is 0.222 e. The van der Waals surface area contributed by atoms with Gasteiger partial charge in [-0.25, -0.2) is 9.97 Å². The first kappa shape index (κ1) is 12.3. The van der Waals surface area contributed by atoms with Gasteiger partial charge in [-0.05, 0) is 23.8 Å². The number of aliphatic hydroxyl groups excluding tert-OH is 1. The number of rotatable bonds is 5. The zero-order valence-electron chi connectivity index (χ0n) is 10.1. The molecule has 0 aliphatic carbocycles. The van der Waals surface area contributed by atoms with Gasteiger partial charge in [0.1, 0.15) is 5.75 Å². The highest BCUT2D eigenvalue weighted by atomic mass is 16.5. The molecule has 1 heterocycles. The average molecular weight is 245 g/mol. The molecule has 2 rings (SSSR count). The number of aromatic nitrogens is 2. The van der Waals surface area contributed by atoms with E-state index >= 15 is 0 Å². The molecule has 0 aliphatic heterocycles. The van der Waals surface area contributed by atoms with E-state index in [0.717, 1.165) is 11.3 Å². The molecule has 0 saturated carbocycles. The predicted octanol–water partition coefficient (Wildman–Crippen LogP) is 1.63. The molecule has 5 nitrogen and oxygen atoms in total. The molecule has 1 atom stereocenters. The molecular weight excluding hydrogens is 230 g/mol. The van der Waals surface area contributed by atoms with E-state index in [-0.39, 0.29) is 0 Å². The van der Waals surface area contributed by atoms with Crippen molar-refractivity contribution in [2.24, 2.45) is 0 Å². The highest BCUT2D eigenvalue weighted by Crippen LogP contribution is 2.17. The number of ether oxygens (including phenoxy) is 1. The fourth-order valence-electron chi connectivity index (χ4n) is 1.52. The van der Waals surface area contributed by atoms with Crippen molar-refractivity contribution >= 4 is 5.95 Å². The Morgan fingerprint density at radius 3 is 2.50 bits per heavy atom. The molecule has 1 unspecified atom stereocenters. The van der Waals surface area contributed by atoms with E-state index < -0.39 is 6.10 Å². The first-order valence-electron chi connectivity index (χ1n) is 5.62. The Kier molecular flexibility index (Phi) is 4.09. The maximum absolute atomic E-state index is 9.99. The molecule has 0 fully saturated rings. The van der Waals surface area contributed by atoms with Crippen LogP contribution in [0.4, 0.5) is 5.95 Å². The Balaban J connectivity index is 1.93. The van der Waals surface area contributed by atoms with Crippen LogP contribution in [0.5, 0.6) is 5.75 Å². The smallest absolute Gasteiger partial charge is 0.222 e. The molecule has 2 aromatic rings. The highest BCUT2D eigenvalue weighted by Gasteiger charge is 2.07. The van der Waals surface area contributed by atoms with Gasteiger partial charge in [-0.2, -0.15) is 0 Å². The summed E-state index contributed by atoms with van der Waals surface area (Å²) in [6.07, 6.45) is 2.68. The summed E-state index contributed by atoms with van der Waals surface area (Å²) in [4.78, 5) is 8.04. The Morgan fingerprint density at radius 2 is 1.89 bits per heavy atom. The molecular formula is C13H15N3O2. The van der Waals surface area contributed by atoms with Gasteiger partial charge in [0.25, 0.3) is 0 Å². The van der Waals surface area contributed by atoms with E-state index in [1.54, 1.807) is 25.6 Å². The van der Waals surface area contributed by atoms with Crippen molar-refractivity contribution in [3.63, 3.8) is 0 Å². The number of nitrogens with zero attached hydrogens (tertiary/aromatic N) is 2. The zero-order chi connectivity index (χ0) is 12.8. The largest absolute Gasteiger partial charge is 0.497 e. The topological polar surface area (TPSA) is 67.3 Å². The van der Waals surface area contributed by atoms with Crippen LogP contribution in [0, 0.1) is 0 Å². The zero-order valence-corrected chi connectivity index (χ0v) is 10.1. The predicted molar refractivity (Wildman–Crippen MR) is 68.5 cm³/mol. The van der Waals surface area contributed by atoms with Gasteiger partial charge < -0.3 is 15.2 Å². The van der Waals surface area contributed by atoms with E-state index in [9.17, 15) is 5.11 Å². The minimum Gasteiger partial charge on any atom is -0.497 e. The van der Waals surface area contributed by atoms with Crippen LogP contribution in [-0.4, -0.2) is 28.7 Å². The average Bonchev–Trinajstić information content (AvgIpc) is 2.46. The van der Waals surface area contributed by atoms with Gasteiger partial charge in [-0.3, -0.25) is 0 Å². The molecule has 0 amide bonds. The van der Waals surface area contributed by atoms with Crippen molar-refractivity contribution in [3.8, 4) is 5.75 Å². The standard InChI is InChI=1S/C13H15N3O2/c1-18-11-5-3-10(4-6-11)12(17)9-16-13-14-7-2-8-15-13/h2-8,12,17H,9H2,1H3,(H,14,15,16). The summed E-state index contributed by atoms with van der Waals surface area (Å²) >= 11 is 0. The summed E-state index contributed by atoms with van der Waals surface area (Å²) in [7, 11) is 1.61. The van der Waals surface area contributed by atoms with Crippen molar-refractivity contribution in [1.29, 1.82) is 0 Å². The number of hydrogen-bond acceptors (Lipinski definition) is 5. The van der Waals surface area contributed by atoms with E-state index in [2.05, 4.69) is 15.3 Å². The lowest BCUT2D eigenvalue weighted by Crippen LogP contribution is -2.13. The van der Waals surface area contributed by atoms with Crippen LogP contribution in [0.15, 0.2) is 42.7 Å². The summed E-state index contributed by atoms with van der Waals surface area (Å²) in [5, 5.41) is 13.0. The lowest BCUT2D eigenvalue weighted by molar-refractivity contribution is 0.191. The Hall–Kier alpha value is -2.14. The van der Waals surface area contributed by atoms with Crippen molar-refractivity contribution in [3.05, 3.63) is 48.3 Å². The molecule has 0 aliphatic rings. The van der Waals surface area contributed by atoms with E-state index in [0.29, 0.717) is 12.5 Å². The van der Waals surface area contributed by atoms with Crippen LogP contribution in [0.1, 0.15) is 11.7 Å². The first-order valence-corrected chi connectivity index (χ1v) is 5.62. The Bertz CT molecular complexity index is 473. The molecule has 0 saturated heterocycles. The molecule has 2 N–H and O–H groups in total. The van der Waals surface area contributed by atoms with Gasteiger partial charge in [0.05, 0.1) is 13.2 Å². The molecule has 1 aromatic carbocycles. The van der Waals surface area contributed by atoms with E-state index in [1.807, 2.05) is 24.3 Å². The lowest BCUT2D eigenvalue weighted by Gasteiger charge is -2.12. The second kappa shape index (κ2) is 5.97. The van der Waals surface area contributed by atoms with Gasteiger partial charge in [0, 0.05) is 18.9 Å². The number of anilines is 1. The molecule has 94 valence electrons. The third-order valence-electron chi connectivity index (χ3n) is 2.52. The number of aliphatic hydroxyl groups is 1. The maximum atomic E-state index is 9.99. The van der Waals surface area contributed by atoms with Crippen LogP contribution < -0.4 is 10.1 Å². The Morgan fingerprint density at radius 1 is 1.22 bits per heavy atom. The van der Waals surface area contributed by atoms with Gasteiger partial charge >= 0.3 is 0 Å². The summed E-state index contributed by atoms with van der Waals surface area (Å²) in [5.41, 5.74) is 0.819. The van der Waals surface area contributed by atoms with Gasteiger partial charge in [0.15, 0.2) is 0 Å². The Labute approximate surface area is 105 Å². The van der Waals surface area contributed by atoms with Crippen LogP contribution >= 0.6 is 0 Å². The molecule has 0 spiro atoms. The lowest BCUT2D eigenvalue weighted by atomic mass is 10.1. The van der Waals surface area contributed by atoms with E-state index in [1.165, 1.54) is 0 Å². The fourth-order valence-corrected chi connectivity index (χ4v) is 1.52. The molecule has 1 aromatic heterocycles. The normalized spacial score (nSPS) is 11.9. The number of benzene rings is 1.